The first-order chi connectivity index (χ1) is 12.5. The second-order valence-electron chi connectivity index (χ2n) is 5.85. The van der Waals surface area contributed by atoms with Gasteiger partial charge in [0.15, 0.2) is 5.57 Å². The molecular weight excluding hydrogens is 334 g/mol. The summed E-state index contributed by atoms with van der Waals surface area (Å²) in [5, 5.41) is 15.3. The van der Waals surface area contributed by atoms with Gasteiger partial charge in [0.25, 0.3) is 0 Å². The fourth-order valence-corrected chi connectivity index (χ4v) is 2.48. The molecule has 1 saturated carbocycles. The molecule has 0 saturated heterocycles. The summed E-state index contributed by atoms with van der Waals surface area (Å²) in [5.74, 6) is -0.166. The van der Waals surface area contributed by atoms with E-state index in [0.717, 1.165) is 12.8 Å². The lowest BCUT2D eigenvalue weighted by atomic mass is 10.1. The molecule has 0 aromatic heterocycles. The summed E-state index contributed by atoms with van der Waals surface area (Å²) in [6, 6.07) is 7.17. The van der Waals surface area contributed by atoms with Crippen molar-refractivity contribution in [2.45, 2.75) is 33.6 Å². The van der Waals surface area contributed by atoms with Crippen LogP contribution in [0, 0.1) is 17.2 Å². The summed E-state index contributed by atoms with van der Waals surface area (Å²) in [4.78, 5) is 23.4. The number of amides is 1. The van der Waals surface area contributed by atoms with Crippen molar-refractivity contribution in [3.63, 3.8) is 0 Å². The molecule has 0 heterocycles. The lowest BCUT2D eigenvalue weighted by molar-refractivity contribution is -0.138. The van der Waals surface area contributed by atoms with E-state index < -0.39 is 5.97 Å². The standard InChI is InChI=1S/C19H23N3O4/c1-4-25-17-10-14(8-9-16(17)21-12(3)23)22-18(13-6-7-13)15(11-20)19(24)26-5-2/h8-10,13,22H,4-7H2,1-3H3,(H,21,23)/b18-15-. The Labute approximate surface area is 153 Å². The Balaban J connectivity index is 2.34. The average molecular weight is 357 g/mol. The van der Waals surface area contributed by atoms with Crippen molar-refractivity contribution >= 4 is 23.3 Å². The van der Waals surface area contributed by atoms with E-state index in [4.69, 9.17) is 9.47 Å². The van der Waals surface area contributed by atoms with E-state index in [1.54, 1.807) is 25.1 Å². The third-order valence-corrected chi connectivity index (χ3v) is 3.72. The second kappa shape index (κ2) is 8.90. The Hall–Kier alpha value is -3.01. The van der Waals surface area contributed by atoms with Crippen LogP contribution in [0.1, 0.15) is 33.6 Å². The molecule has 1 aromatic rings. The number of carbonyl (C=O) groups is 2. The first-order valence-electron chi connectivity index (χ1n) is 8.62. The lowest BCUT2D eigenvalue weighted by Gasteiger charge is -2.16. The zero-order chi connectivity index (χ0) is 19.1. The number of benzene rings is 1. The van der Waals surface area contributed by atoms with E-state index in [0.29, 0.717) is 29.4 Å². The normalized spacial score (nSPS) is 13.9. The van der Waals surface area contributed by atoms with Gasteiger partial charge in [-0.2, -0.15) is 5.26 Å². The minimum atomic E-state index is -0.621. The van der Waals surface area contributed by atoms with Crippen molar-refractivity contribution in [2.75, 3.05) is 23.8 Å². The van der Waals surface area contributed by atoms with Crippen LogP contribution in [0.25, 0.3) is 0 Å². The van der Waals surface area contributed by atoms with Gasteiger partial charge in [0.05, 0.1) is 18.9 Å². The first-order valence-corrected chi connectivity index (χ1v) is 8.62. The van der Waals surface area contributed by atoms with Crippen LogP contribution < -0.4 is 15.4 Å². The van der Waals surface area contributed by atoms with Crippen LogP contribution in [0.3, 0.4) is 0 Å². The smallest absolute Gasteiger partial charge is 0.350 e. The number of nitriles is 1. The maximum Gasteiger partial charge on any atom is 0.350 e. The summed E-state index contributed by atoms with van der Waals surface area (Å²) in [5.41, 5.74) is 1.80. The molecule has 26 heavy (non-hydrogen) atoms. The van der Waals surface area contributed by atoms with Gasteiger partial charge in [0.1, 0.15) is 11.8 Å². The maximum absolute atomic E-state index is 12.1. The highest BCUT2D eigenvalue weighted by Crippen LogP contribution is 2.39. The summed E-state index contributed by atoms with van der Waals surface area (Å²) < 4.78 is 10.6. The minimum absolute atomic E-state index is 0.00162. The van der Waals surface area contributed by atoms with Crippen LogP contribution in [-0.2, 0) is 14.3 Å². The summed E-state index contributed by atoms with van der Waals surface area (Å²) in [7, 11) is 0. The number of nitrogens with one attached hydrogen (secondary N) is 2. The van der Waals surface area contributed by atoms with Crippen LogP contribution in [0.5, 0.6) is 5.75 Å². The van der Waals surface area contributed by atoms with E-state index in [2.05, 4.69) is 10.6 Å². The Bertz CT molecular complexity index is 761. The molecule has 0 bridgehead atoms. The average Bonchev–Trinajstić information content (AvgIpc) is 3.42. The lowest BCUT2D eigenvalue weighted by Crippen LogP contribution is -2.14. The topological polar surface area (TPSA) is 100 Å². The Morgan fingerprint density at radius 1 is 1.23 bits per heavy atom. The quantitative estimate of drug-likeness (QED) is 0.421. The van der Waals surface area contributed by atoms with Crippen molar-refractivity contribution < 1.29 is 19.1 Å². The van der Waals surface area contributed by atoms with Crippen molar-refractivity contribution in [3.8, 4) is 11.8 Å². The Morgan fingerprint density at radius 2 is 1.96 bits per heavy atom. The minimum Gasteiger partial charge on any atom is -0.492 e. The molecule has 0 spiro atoms. The number of allylic oxidation sites excluding steroid dienone is 1. The van der Waals surface area contributed by atoms with Crippen LogP contribution >= 0.6 is 0 Å². The van der Waals surface area contributed by atoms with Gasteiger partial charge in [-0.05, 0) is 38.8 Å². The van der Waals surface area contributed by atoms with Gasteiger partial charge in [-0.3, -0.25) is 4.79 Å². The first kappa shape index (κ1) is 19.3. The number of ether oxygens (including phenoxy) is 2. The van der Waals surface area contributed by atoms with Crippen LogP contribution in [0.2, 0.25) is 0 Å². The van der Waals surface area contributed by atoms with E-state index in [1.807, 2.05) is 13.0 Å². The Kier molecular flexibility index (Phi) is 6.61. The second-order valence-corrected chi connectivity index (χ2v) is 5.85. The zero-order valence-electron chi connectivity index (χ0n) is 15.2. The molecule has 1 aromatic carbocycles. The van der Waals surface area contributed by atoms with E-state index >= 15 is 0 Å². The Morgan fingerprint density at radius 3 is 2.50 bits per heavy atom. The number of hydrogen-bond acceptors (Lipinski definition) is 6. The monoisotopic (exact) mass is 357 g/mol. The SMILES string of the molecule is CCOC(=O)/C(C#N)=C(\Nc1ccc(NC(C)=O)c(OCC)c1)C1CC1. The van der Waals surface area contributed by atoms with Gasteiger partial charge < -0.3 is 20.1 Å². The van der Waals surface area contributed by atoms with Crippen LogP contribution in [0.4, 0.5) is 11.4 Å². The number of esters is 1. The van der Waals surface area contributed by atoms with Crippen molar-refractivity contribution in [1.29, 1.82) is 5.26 Å². The van der Waals surface area contributed by atoms with Gasteiger partial charge in [0, 0.05) is 30.3 Å². The predicted molar refractivity (Wildman–Crippen MR) is 97.5 cm³/mol. The number of hydrogen-bond donors (Lipinski definition) is 2. The van der Waals surface area contributed by atoms with Crippen molar-refractivity contribution in [1.82, 2.24) is 0 Å². The summed E-state index contributed by atoms with van der Waals surface area (Å²) in [6.45, 7) is 5.62. The molecule has 7 heteroatoms. The number of anilines is 2. The van der Waals surface area contributed by atoms with Gasteiger partial charge in [-0.15, -0.1) is 0 Å². The maximum atomic E-state index is 12.1. The molecular formula is C19H23N3O4. The molecule has 7 nitrogen and oxygen atoms in total. The molecule has 1 amide bonds. The summed E-state index contributed by atoms with van der Waals surface area (Å²) >= 11 is 0. The predicted octanol–water partition coefficient (Wildman–Crippen LogP) is 3.21. The molecule has 138 valence electrons. The third kappa shape index (κ3) is 4.99. The molecule has 0 aliphatic heterocycles. The third-order valence-electron chi connectivity index (χ3n) is 3.72. The number of rotatable bonds is 8. The van der Waals surface area contributed by atoms with E-state index in [9.17, 15) is 14.9 Å². The van der Waals surface area contributed by atoms with Gasteiger partial charge in [-0.25, -0.2) is 4.79 Å². The fourth-order valence-electron chi connectivity index (χ4n) is 2.48. The molecule has 0 atom stereocenters. The fraction of sp³-hybridized carbons (Fsp3) is 0.421. The zero-order valence-corrected chi connectivity index (χ0v) is 15.2. The van der Waals surface area contributed by atoms with Crippen LogP contribution in [-0.4, -0.2) is 25.1 Å². The van der Waals surface area contributed by atoms with Gasteiger partial charge >= 0.3 is 5.97 Å². The van der Waals surface area contributed by atoms with Gasteiger partial charge in [0.2, 0.25) is 5.91 Å². The molecule has 2 rings (SSSR count). The van der Waals surface area contributed by atoms with Crippen molar-refractivity contribution in [2.24, 2.45) is 5.92 Å². The van der Waals surface area contributed by atoms with Crippen molar-refractivity contribution in [3.05, 3.63) is 29.5 Å². The van der Waals surface area contributed by atoms with E-state index in [-0.39, 0.29) is 24.0 Å². The number of nitrogens with zero attached hydrogens (tertiary/aromatic N) is 1. The molecule has 0 radical (unpaired) electrons. The van der Waals surface area contributed by atoms with Crippen LogP contribution in [0.15, 0.2) is 29.5 Å². The highest BCUT2D eigenvalue weighted by atomic mass is 16.5. The van der Waals surface area contributed by atoms with E-state index in [1.165, 1.54) is 6.92 Å². The largest absolute Gasteiger partial charge is 0.492 e. The molecule has 2 N–H and O–H groups in total. The molecule has 0 unspecified atom stereocenters. The molecule has 1 aliphatic carbocycles. The molecule has 1 fully saturated rings. The highest BCUT2D eigenvalue weighted by molar-refractivity contribution is 5.94. The molecule has 1 aliphatic rings. The highest BCUT2D eigenvalue weighted by Gasteiger charge is 2.32. The van der Waals surface area contributed by atoms with Gasteiger partial charge in [-0.1, -0.05) is 0 Å². The summed E-state index contributed by atoms with van der Waals surface area (Å²) in [6.07, 6.45) is 1.82. The number of carbonyl (C=O) groups excluding carboxylic acids is 2.